The summed E-state index contributed by atoms with van der Waals surface area (Å²) >= 11 is 8.11. The van der Waals surface area contributed by atoms with Gasteiger partial charge in [-0.1, -0.05) is 48.4 Å². The monoisotopic (exact) mass is 509 g/mol. The van der Waals surface area contributed by atoms with Gasteiger partial charge in [-0.2, -0.15) is 4.31 Å². The number of benzene rings is 1. The van der Waals surface area contributed by atoms with Crippen LogP contribution in [-0.4, -0.2) is 37.1 Å². The van der Waals surface area contributed by atoms with Crippen LogP contribution in [-0.2, 0) is 14.8 Å². The maximum atomic E-state index is 13.2. The highest BCUT2D eigenvalue weighted by molar-refractivity contribution is 7.91. The lowest BCUT2D eigenvalue weighted by Gasteiger charge is -2.33. The first kappa shape index (κ1) is 22.9. The van der Waals surface area contributed by atoms with Crippen LogP contribution in [0.25, 0.3) is 10.4 Å². The molecule has 3 aromatic rings. The Morgan fingerprint density at radius 3 is 2.50 bits per heavy atom. The molecule has 1 atom stereocenters. The van der Waals surface area contributed by atoms with E-state index in [1.807, 2.05) is 30.3 Å². The van der Waals surface area contributed by atoms with Gasteiger partial charge in [0.2, 0.25) is 5.91 Å². The third kappa shape index (κ3) is 4.60. The molecule has 0 radical (unpaired) electrons. The third-order valence-corrected chi connectivity index (χ3v) is 9.87. The molecule has 11 heteroatoms. The summed E-state index contributed by atoms with van der Waals surface area (Å²) in [5, 5.41) is 3.07. The highest BCUT2D eigenvalue weighted by Crippen LogP contribution is 2.36. The number of nitrogens with zero attached hydrogens (tertiary/aromatic N) is 1. The second-order valence-electron chi connectivity index (χ2n) is 7.26. The Morgan fingerprint density at radius 1 is 1.09 bits per heavy atom. The molecule has 0 aliphatic carbocycles. The number of hydrogen-bond acceptors (Lipinski definition) is 6. The van der Waals surface area contributed by atoms with E-state index in [1.165, 1.54) is 27.8 Å². The van der Waals surface area contributed by atoms with Crippen molar-refractivity contribution in [3.63, 3.8) is 0 Å². The molecule has 0 bridgehead atoms. The summed E-state index contributed by atoms with van der Waals surface area (Å²) < 4.78 is 28.0. The van der Waals surface area contributed by atoms with Crippen LogP contribution < -0.4 is 11.1 Å². The molecule has 1 saturated heterocycles. The molecule has 0 spiro atoms. The van der Waals surface area contributed by atoms with Crippen molar-refractivity contribution in [2.75, 3.05) is 11.9 Å². The Balaban J connectivity index is 1.62. The molecule has 168 valence electrons. The second kappa shape index (κ2) is 9.32. The number of hydrogen-bond donors (Lipinski definition) is 2. The van der Waals surface area contributed by atoms with E-state index in [0.717, 1.165) is 28.2 Å². The Hall–Kier alpha value is -2.24. The van der Waals surface area contributed by atoms with E-state index in [0.29, 0.717) is 22.2 Å². The van der Waals surface area contributed by atoms with E-state index in [4.69, 9.17) is 17.3 Å². The van der Waals surface area contributed by atoms with Gasteiger partial charge in [0.1, 0.15) is 15.3 Å². The van der Waals surface area contributed by atoms with Gasteiger partial charge in [0.15, 0.2) is 0 Å². The predicted molar refractivity (Wildman–Crippen MR) is 128 cm³/mol. The molecule has 1 aliphatic heterocycles. The number of sulfonamides is 1. The van der Waals surface area contributed by atoms with Crippen molar-refractivity contribution in [2.24, 2.45) is 5.73 Å². The first-order chi connectivity index (χ1) is 15.3. The number of carbonyl (C=O) groups excluding carboxylic acids is 2. The van der Waals surface area contributed by atoms with E-state index in [2.05, 4.69) is 5.32 Å². The number of carbonyl (C=O) groups is 2. The van der Waals surface area contributed by atoms with Crippen LogP contribution in [0.15, 0.2) is 52.7 Å². The smallest absolute Gasteiger partial charge is 0.253 e. The lowest BCUT2D eigenvalue weighted by Crippen LogP contribution is -2.49. The fraction of sp³-hybridized carbons (Fsp3) is 0.238. The van der Waals surface area contributed by atoms with Crippen LogP contribution in [0, 0.1) is 0 Å². The normalized spacial score (nSPS) is 17.2. The number of thiophene rings is 2. The van der Waals surface area contributed by atoms with Gasteiger partial charge in [0, 0.05) is 11.4 Å². The zero-order chi connectivity index (χ0) is 22.9. The number of anilines is 1. The SMILES string of the molecule is NC(=O)c1cc(-c2ccccc2)sc1NC(=O)C1CCCCN1S(=O)(=O)c1ccc(Cl)s1. The fourth-order valence-corrected chi connectivity index (χ4v) is 7.95. The van der Waals surface area contributed by atoms with Crippen LogP contribution in [0.1, 0.15) is 29.6 Å². The number of halogens is 1. The van der Waals surface area contributed by atoms with Crippen LogP contribution in [0.3, 0.4) is 0 Å². The van der Waals surface area contributed by atoms with E-state index in [-0.39, 0.29) is 16.3 Å². The topological polar surface area (TPSA) is 110 Å². The lowest BCUT2D eigenvalue weighted by atomic mass is 10.0. The van der Waals surface area contributed by atoms with Crippen molar-refractivity contribution >= 4 is 61.1 Å². The minimum absolute atomic E-state index is 0.0995. The quantitative estimate of drug-likeness (QED) is 0.512. The molecule has 1 unspecified atom stereocenters. The minimum atomic E-state index is -3.87. The maximum Gasteiger partial charge on any atom is 0.253 e. The van der Waals surface area contributed by atoms with Crippen LogP contribution >= 0.6 is 34.3 Å². The molecule has 1 aliphatic rings. The molecule has 1 aromatic carbocycles. The molecule has 7 nitrogen and oxygen atoms in total. The zero-order valence-electron chi connectivity index (χ0n) is 16.8. The van der Waals surface area contributed by atoms with Crippen molar-refractivity contribution in [1.82, 2.24) is 4.31 Å². The van der Waals surface area contributed by atoms with Crippen molar-refractivity contribution in [3.05, 3.63) is 58.4 Å². The molecular weight excluding hydrogens is 490 g/mol. The third-order valence-electron chi connectivity index (χ3n) is 5.16. The summed E-state index contributed by atoms with van der Waals surface area (Å²) in [4.78, 5) is 26.0. The van der Waals surface area contributed by atoms with Crippen molar-refractivity contribution in [2.45, 2.75) is 29.5 Å². The number of nitrogens with two attached hydrogens (primary N) is 1. The standard InChI is InChI=1S/C21H20ClN3O4S3/c22-17-9-10-18(31-17)32(28,29)25-11-5-4-8-15(25)20(27)24-21-14(19(23)26)12-16(30-21)13-6-2-1-3-7-13/h1-3,6-7,9-10,12,15H,4-5,8,11H2,(H2,23,26)(H,24,27). The summed E-state index contributed by atoms with van der Waals surface area (Å²) in [5.74, 6) is -1.15. The van der Waals surface area contributed by atoms with Gasteiger partial charge in [-0.05, 0) is 36.6 Å². The molecule has 4 rings (SSSR count). The highest BCUT2D eigenvalue weighted by atomic mass is 35.5. The Labute approximate surface area is 198 Å². The second-order valence-corrected chi connectivity index (χ2v) is 12.1. The lowest BCUT2D eigenvalue weighted by molar-refractivity contribution is -0.120. The van der Waals surface area contributed by atoms with Crippen molar-refractivity contribution < 1.29 is 18.0 Å². The van der Waals surface area contributed by atoms with Gasteiger partial charge in [0.25, 0.3) is 15.9 Å². The van der Waals surface area contributed by atoms with E-state index < -0.39 is 27.9 Å². The number of rotatable bonds is 6. The van der Waals surface area contributed by atoms with Gasteiger partial charge < -0.3 is 11.1 Å². The van der Waals surface area contributed by atoms with Crippen LogP contribution in [0.2, 0.25) is 4.34 Å². The summed E-state index contributed by atoms with van der Waals surface area (Å²) in [5.41, 5.74) is 6.61. The Morgan fingerprint density at radius 2 is 1.84 bits per heavy atom. The molecule has 1 fully saturated rings. The van der Waals surface area contributed by atoms with Crippen LogP contribution in [0.5, 0.6) is 0 Å². The average Bonchev–Trinajstić information content (AvgIpc) is 3.41. The van der Waals surface area contributed by atoms with Crippen LogP contribution in [0.4, 0.5) is 5.00 Å². The number of piperidine rings is 1. The summed E-state index contributed by atoms with van der Waals surface area (Å²) in [6.45, 7) is 0.234. The molecule has 3 N–H and O–H groups in total. The van der Waals surface area contributed by atoms with Gasteiger partial charge in [-0.3, -0.25) is 9.59 Å². The summed E-state index contributed by atoms with van der Waals surface area (Å²) in [7, 11) is -3.87. The zero-order valence-corrected chi connectivity index (χ0v) is 20.0. The predicted octanol–water partition coefficient (Wildman–Crippen LogP) is 4.41. The molecule has 32 heavy (non-hydrogen) atoms. The largest absolute Gasteiger partial charge is 0.366 e. The van der Waals surface area contributed by atoms with Gasteiger partial charge in [0.05, 0.1) is 9.90 Å². The molecule has 3 heterocycles. The fourth-order valence-electron chi connectivity index (χ4n) is 3.61. The van der Waals surface area contributed by atoms with Gasteiger partial charge >= 0.3 is 0 Å². The Kier molecular flexibility index (Phi) is 6.68. The number of amides is 2. The molecule has 2 aromatic heterocycles. The average molecular weight is 510 g/mol. The number of nitrogens with one attached hydrogen (secondary N) is 1. The maximum absolute atomic E-state index is 13.2. The highest BCUT2D eigenvalue weighted by Gasteiger charge is 2.38. The van der Waals surface area contributed by atoms with Crippen molar-refractivity contribution in [3.8, 4) is 10.4 Å². The molecular formula is C21H20ClN3O4S3. The first-order valence-electron chi connectivity index (χ1n) is 9.84. The summed E-state index contributed by atoms with van der Waals surface area (Å²) in [6.07, 6.45) is 1.76. The van der Waals surface area contributed by atoms with E-state index in [1.54, 1.807) is 6.07 Å². The summed E-state index contributed by atoms with van der Waals surface area (Å²) in [6, 6.07) is 13.1. The molecule has 0 saturated carbocycles. The Bertz CT molecular complexity index is 1250. The van der Waals surface area contributed by atoms with E-state index >= 15 is 0 Å². The van der Waals surface area contributed by atoms with Gasteiger partial charge in [-0.25, -0.2) is 8.42 Å². The van der Waals surface area contributed by atoms with Crippen molar-refractivity contribution in [1.29, 1.82) is 0 Å². The number of primary amides is 1. The first-order valence-corrected chi connectivity index (χ1v) is 13.3. The molecule has 2 amide bonds. The van der Waals surface area contributed by atoms with E-state index in [9.17, 15) is 18.0 Å². The minimum Gasteiger partial charge on any atom is -0.366 e. The van der Waals surface area contributed by atoms with Gasteiger partial charge in [-0.15, -0.1) is 22.7 Å².